The van der Waals surface area contributed by atoms with Crippen molar-refractivity contribution in [2.75, 3.05) is 19.5 Å². The Morgan fingerprint density at radius 1 is 0.723 bits per heavy atom. The lowest BCUT2D eigenvalue weighted by molar-refractivity contribution is -0.155. The molecule has 0 fully saturated rings. The van der Waals surface area contributed by atoms with Crippen LogP contribution in [0.1, 0.15) is 15.3 Å². The molecule has 0 amide bonds. The molecule has 0 aliphatic carbocycles. The molecule has 0 spiro atoms. The van der Waals surface area contributed by atoms with Crippen molar-refractivity contribution in [1.29, 1.82) is 0 Å². The quantitative estimate of drug-likeness (QED) is 0.121. The van der Waals surface area contributed by atoms with Gasteiger partial charge in [-0.25, -0.2) is 8.42 Å². The van der Waals surface area contributed by atoms with Crippen LogP contribution in [-0.4, -0.2) is 60.2 Å². The Bertz CT molecular complexity index is 2010. The number of benzene rings is 1. The number of rotatable bonds is 7. The number of aryl methyl sites for hydroxylation is 2. The maximum Gasteiger partial charge on any atom is 0.422 e. The fourth-order valence-corrected chi connectivity index (χ4v) is 6.22. The molecule has 21 heteroatoms. The summed E-state index contributed by atoms with van der Waals surface area (Å²) in [6, 6.07) is 6.08. The second kappa shape index (κ2) is 13.3. The molecule has 0 radical (unpaired) electrons. The van der Waals surface area contributed by atoms with E-state index in [9.17, 15) is 47.9 Å². The van der Waals surface area contributed by atoms with Gasteiger partial charge in [0.05, 0.1) is 10.9 Å². The minimum Gasteiger partial charge on any atom is -0.454 e. The normalized spacial score (nSPS) is 12.6. The topological polar surface area (TPSA) is 113 Å². The van der Waals surface area contributed by atoms with Crippen LogP contribution in [0.3, 0.4) is 0 Å². The number of fused-ring (bicyclic) bond motifs is 2. The lowest BCUT2D eigenvalue weighted by atomic mass is 10.2. The van der Waals surface area contributed by atoms with Crippen LogP contribution in [0.2, 0.25) is 0 Å². The van der Waals surface area contributed by atoms with Crippen LogP contribution in [0.15, 0.2) is 41.4 Å². The summed E-state index contributed by atoms with van der Waals surface area (Å²) in [7, 11) is -3.70. The van der Waals surface area contributed by atoms with Crippen molar-refractivity contribution in [2.45, 2.75) is 37.4 Å². The fraction of sp³-hybridized carbons (Fsp3) is 0.308. The molecular formula is C26H19F9N4O5S3. The van der Waals surface area contributed by atoms with Crippen molar-refractivity contribution in [3.8, 4) is 23.7 Å². The number of nitrogens with zero attached hydrogens (tertiary/aromatic N) is 4. The van der Waals surface area contributed by atoms with Gasteiger partial charge in [0.25, 0.3) is 0 Å². The van der Waals surface area contributed by atoms with Gasteiger partial charge in [-0.15, -0.1) is 22.7 Å². The average Bonchev–Trinajstić information content (AvgIpc) is 3.49. The largest absolute Gasteiger partial charge is 0.454 e. The number of thiophene rings is 2. The van der Waals surface area contributed by atoms with Gasteiger partial charge < -0.3 is 14.2 Å². The molecule has 0 saturated heterocycles. The van der Waals surface area contributed by atoms with E-state index in [-0.39, 0.29) is 26.9 Å². The second-order valence-corrected chi connectivity index (χ2v) is 13.9. The van der Waals surface area contributed by atoms with Crippen LogP contribution < -0.4 is 14.2 Å². The van der Waals surface area contributed by atoms with Crippen LogP contribution in [0.25, 0.3) is 20.4 Å². The van der Waals surface area contributed by atoms with Gasteiger partial charge in [-0.05, 0) is 44.2 Å². The number of sulfone groups is 1. The summed E-state index contributed by atoms with van der Waals surface area (Å²) in [5.74, 6) is -0.365. The molecule has 0 aliphatic rings. The third kappa shape index (κ3) is 10.0. The molecule has 0 unspecified atom stereocenters. The highest BCUT2D eigenvalue weighted by Crippen LogP contribution is 2.37. The number of alkyl halides is 9. The Morgan fingerprint density at radius 2 is 1.23 bits per heavy atom. The summed E-state index contributed by atoms with van der Waals surface area (Å²) < 4.78 is 149. The number of ether oxygens (including phenoxy) is 3. The molecule has 5 rings (SSSR count). The minimum absolute atomic E-state index is 0.171. The highest BCUT2D eigenvalue weighted by atomic mass is 32.2. The summed E-state index contributed by atoms with van der Waals surface area (Å²) in [4.78, 5) is 17.1. The summed E-state index contributed by atoms with van der Waals surface area (Å²) in [5, 5.41) is 0.313. The Balaban J connectivity index is 0.000000223. The van der Waals surface area contributed by atoms with E-state index in [1.807, 2.05) is 0 Å². The minimum atomic E-state index is -4.59. The SMILES string of the molecule is Cc1cc2c(Oc3cccc(C(F)(F)F)c3)nc(OCC(F)(F)F)nc2s1.Cc1cc2c(S(C)(=O)=O)nc(OCC(F)(F)F)nc2s1. The first-order chi connectivity index (χ1) is 21.6. The van der Waals surface area contributed by atoms with Crippen molar-refractivity contribution >= 4 is 52.9 Å². The summed E-state index contributed by atoms with van der Waals surface area (Å²) in [6.07, 6.45) is -12.8. The van der Waals surface area contributed by atoms with Crippen molar-refractivity contribution in [3.05, 3.63) is 51.7 Å². The molecule has 4 aromatic heterocycles. The zero-order chi connectivity index (χ0) is 34.9. The number of hydrogen-bond acceptors (Lipinski definition) is 11. The molecule has 4 heterocycles. The first kappa shape index (κ1) is 35.9. The van der Waals surface area contributed by atoms with Gasteiger partial charge in [-0.3, -0.25) is 0 Å². The van der Waals surface area contributed by atoms with E-state index in [1.165, 1.54) is 6.07 Å². The smallest absolute Gasteiger partial charge is 0.422 e. The monoisotopic (exact) mass is 734 g/mol. The van der Waals surface area contributed by atoms with E-state index < -0.39 is 59.2 Å². The van der Waals surface area contributed by atoms with Gasteiger partial charge in [0.2, 0.25) is 5.88 Å². The van der Waals surface area contributed by atoms with Gasteiger partial charge in [0, 0.05) is 21.4 Å². The fourth-order valence-electron chi connectivity index (χ4n) is 3.62. The maximum absolute atomic E-state index is 12.8. The van der Waals surface area contributed by atoms with E-state index in [4.69, 9.17) is 4.74 Å². The standard InChI is InChI=1S/C16H10F6N2O2S.C10H9F3N2O3S2/c1-8-5-11-12(26-10-4-2-3-9(6-10)16(20,21)22)23-14(24-13(11)27-8)25-7-15(17,18)19;1-5-3-6-7(19-5)14-9(18-4-10(11,12)13)15-8(6)20(2,16)17/h2-6H,7H2,1H3;3H,4H2,1-2H3. The van der Waals surface area contributed by atoms with Crippen LogP contribution in [-0.2, 0) is 16.0 Å². The highest BCUT2D eigenvalue weighted by molar-refractivity contribution is 7.90. The maximum atomic E-state index is 12.8. The van der Waals surface area contributed by atoms with Crippen molar-refractivity contribution in [3.63, 3.8) is 0 Å². The first-order valence-corrected chi connectivity index (χ1v) is 16.1. The molecule has 0 atom stereocenters. The summed E-state index contributed by atoms with van der Waals surface area (Å²) >= 11 is 2.31. The van der Waals surface area contributed by atoms with Gasteiger partial charge in [-0.2, -0.15) is 59.4 Å². The number of halogens is 9. The Hall–Kier alpha value is -3.98. The molecule has 0 N–H and O–H groups in total. The zero-order valence-corrected chi connectivity index (χ0v) is 26.3. The molecule has 9 nitrogen and oxygen atoms in total. The number of aromatic nitrogens is 4. The lowest BCUT2D eigenvalue weighted by Gasteiger charge is -2.11. The van der Waals surface area contributed by atoms with Gasteiger partial charge in [-0.1, -0.05) is 6.07 Å². The first-order valence-electron chi connectivity index (χ1n) is 12.6. The Morgan fingerprint density at radius 3 is 1.74 bits per heavy atom. The van der Waals surface area contributed by atoms with Gasteiger partial charge in [0.1, 0.15) is 15.4 Å². The van der Waals surface area contributed by atoms with Crippen LogP contribution in [0.5, 0.6) is 23.7 Å². The molecule has 0 aliphatic heterocycles. The Kier molecular flexibility index (Phi) is 10.1. The van der Waals surface area contributed by atoms with Crippen molar-refractivity contribution in [2.24, 2.45) is 0 Å². The lowest BCUT2D eigenvalue weighted by Crippen LogP contribution is -2.20. The number of hydrogen-bond donors (Lipinski definition) is 0. The Labute approximate surface area is 266 Å². The van der Waals surface area contributed by atoms with Gasteiger partial charge >= 0.3 is 30.5 Å². The van der Waals surface area contributed by atoms with Gasteiger partial charge in [0.15, 0.2) is 28.1 Å². The van der Waals surface area contributed by atoms with E-state index in [0.717, 1.165) is 56.9 Å². The second-order valence-electron chi connectivity index (χ2n) is 9.48. The van der Waals surface area contributed by atoms with E-state index in [1.54, 1.807) is 26.0 Å². The van der Waals surface area contributed by atoms with Crippen LogP contribution in [0.4, 0.5) is 39.5 Å². The molecule has 0 saturated carbocycles. The predicted octanol–water partition coefficient (Wildman–Crippen LogP) is 8.10. The van der Waals surface area contributed by atoms with Crippen molar-refractivity contribution in [1.82, 2.24) is 19.9 Å². The molecule has 0 bridgehead atoms. The summed E-state index contributed by atoms with van der Waals surface area (Å²) in [5.41, 5.74) is -0.930. The van der Waals surface area contributed by atoms with Crippen molar-refractivity contribution < 1.29 is 62.1 Å². The molecule has 254 valence electrons. The van der Waals surface area contributed by atoms with E-state index in [0.29, 0.717) is 10.2 Å². The highest BCUT2D eigenvalue weighted by Gasteiger charge is 2.32. The van der Waals surface area contributed by atoms with Crippen LogP contribution >= 0.6 is 22.7 Å². The average molecular weight is 735 g/mol. The molecule has 47 heavy (non-hydrogen) atoms. The van der Waals surface area contributed by atoms with E-state index >= 15 is 0 Å². The third-order valence-corrected chi connectivity index (χ3v) is 8.28. The summed E-state index contributed by atoms with van der Waals surface area (Å²) in [6.45, 7) is 0.281. The zero-order valence-electron chi connectivity index (χ0n) is 23.8. The van der Waals surface area contributed by atoms with E-state index in [2.05, 4.69) is 29.4 Å². The predicted molar refractivity (Wildman–Crippen MR) is 152 cm³/mol. The van der Waals surface area contributed by atoms with Crippen LogP contribution in [0, 0.1) is 13.8 Å². The third-order valence-electron chi connectivity index (χ3n) is 5.38. The molecule has 1 aromatic carbocycles. The molecular weight excluding hydrogens is 715 g/mol. The molecule has 5 aromatic rings.